The van der Waals surface area contributed by atoms with Crippen LogP contribution >= 0.6 is 0 Å². The summed E-state index contributed by atoms with van der Waals surface area (Å²) in [6.07, 6.45) is -5.19. The number of hydrogen-bond donors (Lipinski definition) is 2. The smallest absolute Gasteiger partial charge is 0.353 e. The molecule has 14 heteroatoms. The van der Waals surface area contributed by atoms with Crippen molar-refractivity contribution < 1.29 is 31.5 Å². The number of anilines is 5. The number of likely N-dealkylation sites (N-methyl/N-ethyl adjacent to an activating group) is 1. The van der Waals surface area contributed by atoms with Crippen LogP contribution in [-0.2, 0) is 11.3 Å². The van der Waals surface area contributed by atoms with Gasteiger partial charge in [0.2, 0.25) is 5.95 Å². The van der Waals surface area contributed by atoms with E-state index in [1.54, 1.807) is 32.0 Å². The normalized spacial score (nSPS) is 13.0. The predicted octanol–water partition coefficient (Wildman–Crippen LogP) is 6.60. The van der Waals surface area contributed by atoms with E-state index >= 15 is 8.78 Å². The Bertz CT molecular complexity index is 1790. The number of alkyl halides is 3. The SMILES string of the molecule is Cc1cccc(N(C(=O)C(F)(F)F)c2ccc(C)c(-c3nc(NCCN(C)C)nc4c3CNC(=O)N4c3c(F)cccc3F)c2)c1. The third kappa shape index (κ3) is 6.47. The van der Waals surface area contributed by atoms with E-state index in [0.717, 1.165) is 23.1 Å². The van der Waals surface area contributed by atoms with Crippen molar-refractivity contribution >= 4 is 40.8 Å². The molecule has 2 heterocycles. The lowest BCUT2D eigenvalue weighted by molar-refractivity contribution is -0.169. The summed E-state index contributed by atoms with van der Waals surface area (Å²) in [4.78, 5) is 38.3. The summed E-state index contributed by atoms with van der Waals surface area (Å²) >= 11 is 0. The van der Waals surface area contributed by atoms with Crippen molar-refractivity contribution in [1.29, 1.82) is 0 Å². The number of urea groups is 1. The summed E-state index contributed by atoms with van der Waals surface area (Å²) < 4.78 is 71.8. The summed E-state index contributed by atoms with van der Waals surface area (Å²) in [6, 6.07) is 12.7. The molecule has 0 bridgehead atoms. The molecule has 0 radical (unpaired) electrons. The van der Waals surface area contributed by atoms with Gasteiger partial charge in [0, 0.05) is 35.6 Å². The van der Waals surface area contributed by atoms with E-state index in [1.807, 2.05) is 19.0 Å². The first-order valence-corrected chi connectivity index (χ1v) is 14.2. The Hall–Kier alpha value is -5.11. The number of nitrogens with zero attached hydrogens (tertiary/aromatic N) is 5. The number of para-hydroxylation sites is 1. The molecule has 1 aliphatic rings. The van der Waals surface area contributed by atoms with Crippen molar-refractivity contribution in [2.75, 3.05) is 42.3 Å². The van der Waals surface area contributed by atoms with Gasteiger partial charge in [-0.05, 0) is 75.5 Å². The zero-order valence-electron chi connectivity index (χ0n) is 25.3. The fourth-order valence-electron chi connectivity index (χ4n) is 5.04. The molecule has 0 fully saturated rings. The van der Waals surface area contributed by atoms with Crippen molar-refractivity contribution in [1.82, 2.24) is 20.2 Å². The number of fused-ring (bicyclic) bond motifs is 1. The number of benzene rings is 3. The number of carbonyl (C=O) groups is 2. The van der Waals surface area contributed by atoms with Gasteiger partial charge in [-0.3, -0.25) is 9.69 Å². The highest BCUT2D eigenvalue weighted by Gasteiger charge is 2.44. The quantitative estimate of drug-likeness (QED) is 0.211. The second-order valence-electron chi connectivity index (χ2n) is 11.0. The third-order valence-corrected chi connectivity index (χ3v) is 7.26. The lowest BCUT2D eigenvalue weighted by Gasteiger charge is -2.31. The van der Waals surface area contributed by atoms with Gasteiger partial charge in [-0.2, -0.15) is 18.2 Å². The van der Waals surface area contributed by atoms with Crippen LogP contribution in [0.15, 0.2) is 60.7 Å². The van der Waals surface area contributed by atoms with Crippen LogP contribution in [0.4, 0.5) is 55.6 Å². The number of aryl methyl sites for hydroxylation is 2. The van der Waals surface area contributed by atoms with Gasteiger partial charge in [-0.15, -0.1) is 0 Å². The second kappa shape index (κ2) is 12.7. The summed E-state index contributed by atoms with van der Waals surface area (Å²) in [7, 11) is 3.70. The molecule has 46 heavy (non-hydrogen) atoms. The zero-order chi connectivity index (χ0) is 33.3. The van der Waals surface area contributed by atoms with Crippen molar-refractivity contribution in [3.8, 4) is 11.3 Å². The predicted molar refractivity (Wildman–Crippen MR) is 164 cm³/mol. The van der Waals surface area contributed by atoms with Crippen LogP contribution in [0.25, 0.3) is 11.3 Å². The van der Waals surface area contributed by atoms with Crippen LogP contribution in [0, 0.1) is 25.5 Å². The Kier molecular flexibility index (Phi) is 8.92. The van der Waals surface area contributed by atoms with Crippen LogP contribution in [-0.4, -0.2) is 60.2 Å². The first-order chi connectivity index (χ1) is 21.8. The molecule has 0 saturated carbocycles. The Labute approximate surface area is 261 Å². The van der Waals surface area contributed by atoms with Crippen molar-refractivity contribution in [2.24, 2.45) is 0 Å². The average molecular weight is 640 g/mol. The maximum absolute atomic E-state index is 15.0. The van der Waals surface area contributed by atoms with Crippen molar-refractivity contribution in [3.05, 3.63) is 89.0 Å². The first-order valence-electron chi connectivity index (χ1n) is 14.2. The molecule has 3 aromatic carbocycles. The van der Waals surface area contributed by atoms with E-state index < -0.39 is 35.4 Å². The summed E-state index contributed by atoms with van der Waals surface area (Å²) in [5.74, 6) is -4.22. The highest BCUT2D eigenvalue weighted by molar-refractivity contribution is 6.05. The molecule has 4 aromatic rings. The number of rotatable bonds is 8. The summed E-state index contributed by atoms with van der Waals surface area (Å²) in [5.41, 5.74) is 1.20. The van der Waals surface area contributed by atoms with Crippen LogP contribution in [0.1, 0.15) is 16.7 Å². The van der Waals surface area contributed by atoms with E-state index in [0.29, 0.717) is 34.7 Å². The highest BCUT2D eigenvalue weighted by Crippen LogP contribution is 2.41. The van der Waals surface area contributed by atoms with Crippen molar-refractivity contribution in [2.45, 2.75) is 26.6 Å². The standard InChI is InChI=1S/C32H30F5N7O2/c1-18-7-5-8-20(15-18)43(29(45)32(35,36)37)21-12-11-19(2)22(16-21)26-23-17-39-31(46)44(27-24(33)9-6-10-25(27)34)28(23)41-30(40-26)38-13-14-42(3)4/h5-12,15-16H,13-14,17H2,1-4H3,(H,39,46)(H,38,40,41). The first kappa shape index (κ1) is 32.3. The van der Waals surface area contributed by atoms with Crippen molar-refractivity contribution in [3.63, 3.8) is 0 Å². The summed E-state index contributed by atoms with van der Waals surface area (Å²) in [6.45, 7) is 4.15. The lowest BCUT2D eigenvalue weighted by atomic mass is 9.98. The Morgan fingerprint density at radius 2 is 1.65 bits per heavy atom. The van der Waals surface area contributed by atoms with Crippen LogP contribution < -0.4 is 20.4 Å². The minimum Gasteiger partial charge on any atom is -0.353 e. The number of carbonyl (C=O) groups excluding carboxylic acids is 2. The van der Waals surface area contributed by atoms with Gasteiger partial charge in [0.05, 0.1) is 12.2 Å². The van der Waals surface area contributed by atoms with Gasteiger partial charge in [0.25, 0.3) is 0 Å². The van der Waals surface area contributed by atoms with E-state index in [1.165, 1.54) is 24.3 Å². The van der Waals surface area contributed by atoms with Crippen LogP contribution in [0.3, 0.4) is 0 Å². The number of halogens is 5. The van der Waals surface area contributed by atoms with Crippen LogP contribution in [0.5, 0.6) is 0 Å². The minimum absolute atomic E-state index is 0.00125. The molecule has 2 N–H and O–H groups in total. The van der Waals surface area contributed by atoms with Gasteiger partial charge in [0.15, 0.2) is 5.82 Å². The fraction of sp³-hybridized carbons (Fsp3) is 0.250. The number of aromatic nitrogens is 2. The maximum atomic E-state index is 15.0. The van der Waals surface area contributed by atoms with E-state index in [-0.39, 0.29) is 40.9 Å². The third-order valence-electron chi connectivity index (χ3n) is 7.26. The molecule has 5 rings (SSSR count). The number of hydrogen-bond acceptors (Lipinski definition) is 6. The average Bonchev–Trinajstić information content (AvgIpc) is 2.98. The molecular weight excluding hydrogens is 609 g/mol. The van der Waals surface area contributed by atoms with Gasteiger partial charge < -0.3 is 15.5 Å². The molecule has 1 aliphatic heterocycles. The zero-order valence-corrected chi connectivity index (χ0v) is 25.3. The van der Waals surface area contributed by atoms with E-state index in [2.05, 4.69) is 20.6 Å². The highest BCUT2D eigenvalue weighted by atomic mass is 19.4. The lowest BCUT2D eigenvalue weighted by Crippen LogP contribution is -2.43. The molecule has 0 aliphatic carbocycles. The largest absolute Gasteiger partial charge is 0.472 e. The van der Waals surface area contributed by atoms with Gasteiger partial charge in [0.1, 0.15) is 17.3 Å². The van der Waals surface area contributed by atoms with E-state index in [4.69, 9.17) is 0 Å². The molecule has 0 atom stereocenters. The van der Waals surface area contributed by atoms with Gasteiger partial charge >= 0.3 is 18.1 Å². The number of nitrogens with one attached hydrogen (secondary N) is 2. The molecule has 1 aromatic heterocycles. The monoisotopic (exact) mass is 639 g/mol. The molecule has 0 saturated heterocycles. The minimum atomic E-state index is -5.19. The Balaban J connectivity index is 1.74. The Morgan fingerprint density at radius 1 is 0.978 bits per heavy atom. The topological polar surface area (TPSA) is 93.7 Å². The van der Waals surface area contributed by atoms with Gasteiger partial charge in [-0.25, -0.2) is 23.5 Å². The van der Waals surface area contributed by atoms with Gasteiger partial charge in [-0.1, -0.05) is 24.3 Å². The Morgan fingerprint density at radius 3 is 2.30 bits per heavy atom. The molecule has 240 valence electrons. The van der Waals surface area contributed by atoms with E-state index in [9.17, 15) is 22.8 Å². The molecule has 0 unspecified atom stereocenters. The molecular formula is C32H30F5N7O2. The molecule has 9 nitrogen and oxygen atoms in total. The molecule has 3 amide bonds. The fourth-order valence-corrected chi connectivity index (χ4v) is 5.04. The molecule has 0 spiro atoms. The second-order valence-corrected chi connectivity index (χ2v) is 11.0. The number of amides is 3. The maximum Gasteiger partial charge on any atom is 0.472 e. The van der Waals surface area contributed by atoms with Crippen LogP contribution in [0.2, 0.25) is 0 Å². The summed E-state index contributed by atoms with van der Waals surface area (Å²) in [5, 5.41) is 5.65.